The SMILES string of the molecule is O=C(CSc1nnc([C@@H]2COc3ccccc3O2)o1)N1CCCC1. The fourth-order valence-electron chi connectivity index (χ4n) is 2.73. The van der Waals surface area contributed by atoms with Gasteiger partial charge in [-0.25, -0.2) is 0 Å². The Bertz CT molecular complexity index is 730. The standard InChI is InChI=1S/C16H17N3O4S/c20-14(19-7-3-4-8-19)10-24-16-18-17-15(23-16)13-9-21-11-5-1-2-6-12(11)22-13/h1-2,5-6,13H,3-4,7-10H2/t13-/m0/s1. The zero-order valence-electron chi connectivity index (χ0n) is 13.0. The molecule has 0 bridgehead atoms. The smallest absolute Gasteiger partial charge is 0.277 e. The Balaban J connectivity index is 1.36. The van der Waals surface area contributed by atoms with Gasteiger partial charge in [0.25, 0.3) is 11.1 Å². The molecule has 1 saturated heterocycles. The molecule has 3 heterocycles. The first kappa shape index (κ1) is 15.3. The molecule has 0 radical (unpaired) electrons. The maximum Gasteiger partial charge on any atom is 0.277 e. The number of hydrogen-bond donors (Lipinski definition) is 0. The van der Waals surface area contributed by atoms with Crippen LogP contribution in [0.5, 0.6) is 11.5 Å². The van der Waals surface area contributed by atoms with Crippen LogP contribution >= 0.6 is 11.8 Å². The molecule has 2 aromatic rings. The minimum Gasteiger partial charge on any atom is -0.485 e. The van der Waals surface area contributed by atoms with Gasteiger partial charge in [-0.15, -0.1) is 10.2 Å². The molecule has 7 nitrogen and oxygen atoms in total. The maximum absolute atomic E-state index is 12.0. The van der Waals surface area contributed by atoms with Gasteiger partial charge >= 0.3 is 0 Å². The van der Waals surface area contributed by atoms with Crippen molar-refractivity contribution in [2.24, 2.45) is 0 Å². The van der Waals surface area contributed by atoms with Gasteiger partial charge in [0.1, 0.15) is 6.61 Å². The molecule has 0 aliphatic carbocycles. The van der Waals surface area contributed by atoms with Crippen LogP contribution in [0.25, 0.3) is 0 Å². The lowest BCUT2D eigenvalue weighted by Crippen LogP contribution is -2.29. The molecule has 1 aromatic heterocycles. The first-order valence-corrected chi connectivity index (χ1v) is 8.90. The second-order valence-electron chi connectivity index (χ2n) is 5.65. The van der Waals surface area contributed by atoms with Crippen LogP contribution in [-0.4, -0.2) is 46.5 Å². The molecule has 24 heavy (non-hydrogen) atoms. The maximum atomic E-state index is 12.0. The normalized spacial score (nSPS) is 19.5. The minimum atomic E-state index is -0.434. The highest BCUT2D eigenvalue weighted by molar-refractivity contribution is 7.99. The van der Waals surface area contributed by atoms with Crippen LogP contribution in [0.15, 0.2) is 33.9 Å². The van der Waals surface area contributed by atoms with E-state index >= 15 is 0 Å². The quantitative estimate of drug-likeness (QED) is 0.785. The second-order valence-corrected chi connectivity index (χ2v) is 6.57. The van der Waals surface area contributed by atoms with E-state index in [0.717, 1.165) is 25.9 Å². The van der Waals surface area contributed by atoms with Crippen LogP contribution in [0.1, 0.15) is 24.8 Å². The Morgan fingerprint density at radius 2 is 2.00 bits per heavy atom. The topological polar surface area (TPSA) is 77.7 Å². The van der Waals surface area contributed by atoms with Gasteiger partial charge in [-0.3, -0.25) is 4.79 Å². The molecule has 1 atom stereocenters. The van der Waals surface area contributed by atoms with E-state index in [2.05, 4.69) is 10.2 Å². The zero-order valence-corrected chi connectivity index (χ0v) is 13.8. The number of amides is 1. The third kappa shape index (κ3) is 3.19. The molecule has 0 N–H and O–H groups in total. The van der Waals surface area contributed by atoms with Crippen molar-refractivity contribution in [1.29, 1.82) is 0 Å². The molecule has 0 unspecified atom stereocenters. The van der Waals surface area contributed by atoms with E-state index in [0.29, 0.717) is 35.0 Å². The van der Waals surface area contributed by atoms with Crippen LogP contribution in [0.3, 0.4) is 0 Å². The number of rotatable bonds is 4. The number of thioether (sulfide) groups is 1. The van der Waals surface area contributed by atoms with E-state index in [1.54, 1.807) is 0 Å². The largest absolute Gasteiger partial charge is 0.485 e. The van der Waals surface area contributed by atoms with E-state index in [-0.39, 0.29) is 5.91 Å². The van der Waals surface area contributed by atoms with Crippen molar-refractivity contribution in [3.05, 3.63) is 30.2 Å². The lowest BCUT2D eigenvalue weighted by Gasteiger charge is -2.23. The molecular formula is C16H17N3O4S. The van der Waals surface area contributed by atoms with Gasteiger partial charge in [-0.1, -0.05) is 23.9 Å². The summed E-state index contributed by atoms with van der Waals surface area (Å²) < 4.78 is 17.1. The number of nitrogens with zero attached hydrogens (tertiary/aromatic N) is 3. The first-order valence-electron chi connectivity index (χ1n) is 7.92. The first-order chi connectivity index (χ1) is 11.8. The summed E-state index contributed by atoms with van der Waals surface area (Å²) in [6.45, 7) is 2.01. The van der Waals surface area contributed by atoms with Crippen molar-refractivity contribution in [2.45, 2.75) is 24.2 Å². The van der Waals surface area contributed by atoms with Crippen molar-refractivity contribution in [1.82, 2.24) is 15.1 Å². The summed E-state index contributed by atoms with van der Waals surface area (Å²) in [5.74, 6) is 2.15. The minimum absolute atomic E-state index is 0.114. The average molecular weight is 347 g/mol. The number of fused-ring (bicyclic) bond motifs is 1. The van der Waals surface area contributed by atoms with Crippen LogP contribution < -0.4 is 9.47 Å². The van der Waals surface area contributed by atoms with E-state index in [1.165, 1.54) is 11.8 Å². The Morgan fingerprint density at radius 3 is 2.83 bits per heavy atom. The number of carbonyl (C=O) groups excluding carboxylic acids is 1. The van der Waals surface area contributed by atoms with E-state index in [1.807, 2.05) is 29.2 Å². The Kier molecular flexibility index (Phi) is 4.29. The highest BCUT2D eigenvalue weighted by Crippen LogP contribution is 2.35. The Morgan fingerprint density at radius 1 is 1.21 bits per heavy atom. The molecule has 1 amide bonds. The molecule has 8 heteroatoms. The number of benzene rings is 1. The monoisotopic (exact) mass is 347 g/mol. The summed E-state index contributed by atoms with van der Waals surface area (Å²) in [5.41, 5.74) is 0. The number of hydrogen-bond acceptors (Lipinski definition) is 7. The molecule has 2 aliphatic rings. The van der Waals surface area contributed by atoms with Crippen LogP contribution in [0.4, 0.5) is 0 Å². The van der Waals surface area contributed by atoms with E-state index in [9.17, 15) is 4.79 Å². The summed E-state index contributed by atoms with van der Waals surface area (Å²) in [6.07, 6.45) is 1.74. The molecule has 1 aromatic carbocycles. The van der Waals surface area contributed by atoms with Crippen molar-refractivity contribution in [3.63, 3.8) is 0 Å². The van der Waals surface area contributed by atoms with E-state index < -0.39 is 6.10 Å². The summed E-state index contributed by atoms with van der Waals surface area (Å²) >= 11 is 1.26. The fourth-order valence-corrected chi connectivity index (χ4v) is 3.40. The molecule has 0 spiro atoms. The third-order valence-corrected chi connectivity index (χ3v) is 4.79. The van der Waals surface area contributed by atoms with Gasteiger partial charge in [0.15, 0.2) is 11.5 Å². The molecular weight excluding hydrogens is 330 g/mol. The third-order valence-electron chi connectivity index (χ3n) is 3.98. The highest BCUT2D eigenvalue weighted by Gasteiger charge is 2.27. The molecule has 1 fully saturated rings. The molecule has 4 rings (SSSR count). The number of ether oxygens (including phenoxy) is 2. The van der Waals surface area contributed by atoms with Gasteiger partial charge in [0.05, 0.1) is 5.75 Å². The fraction of sp³-hybridized carbons (Fsp3) is 0.438. The van der Waals surface area contributed by atoms with Crippen molar-refractivity contribution < 1.29 is 18.7 Å². The van der Waals surface area contributed by atoms with Crippen LogP contribution in [0, 0.1) is 0 Å². The predicted octanol–water partition coefficient (Wildman–Crippen LogP) is 2.30. The Hall–Kier alpha value is -2.22. The highest BCUT2D eigenvalue weighted by atomic mass is 32.2. The molecule has 2 aliphatic heterocycles. The summed E-state index contributed by atoms with van der Waals surface area (Å²) in [7, 11) is 0. The van der Waals surface area contributed by atoms with Crippen molar-refractivity contribution in [3.8, 4) is 11.5 Å². The molecule has 126 valence electrons. The number of likely N-dealkylation sites (tertiary alicyclic amines) is 1. The zero-order chi connectivity index (χ0) is 16.4. The van der Waals surface area contributed by atoms with Crippen LogP contribution in [-0.2, 0) is 4.79 Å². The Labute approximate surface area is 143 Å². The predicted molar refractivity (Wildman–Crippen MR) is 86.1 cm³/mol. The van der Waals surface area contributed by atoms with Gasteiger partial charge < -0.3 is 18.8 Å². The van der Waals surface area contributed by atoms with Gasteiger partial charge in [0.2, 0.25) is 12.0 Å². The lowest BCUT2D eigenvalue weighted by molar-refractivity contribution is -0.127. The van der Waals surface area contributed by atoms with Crippen LogP contribution in [0.2, 0.25) is 0 Å². The number of carbonyl (C=O) groups is 1. The summed E-state index contributed by atoms with van der Waals surface area (Å²) in [4.78, 5) is 13.9. The number of aromatic nitrogens is 2. The summed E-state index contributed by atoms with van der Waals surface area (Å²) in [6, 6.07) is 7.46. The lowest BCUT2D eigenvalue weighted by atomic mass is 10.2. The van der Waals surface area contributed by atoms with Crippen molar-refractivity contribution in [2.75, 3.05) is 25.4 Å². The average Bonchev–Trinajstić information content (AvgIpc) is 3.31. The summed E-state index contributed by atoms with van der Waals surface area (Å²) in [5, 5.41) is 8.38. The van der Waals surface area contributed by atoms with Gasteiger partial charge in [-0.05, 0) is 25.0 Å². The number of para-hydroxylation sites is 2. The van der Waals surface area contributed by atoms with Crippen molar-refractivity contribution >= 4 is 17.7 Å². The molecule has 0 saturated carbocycles. The van der Waals surface area contributed by atoms with Gasteiger partial charge in [0, 0.05) is 13.1 Å². The second kappa shape index (κ2) is 6.72. The van der Waals surface area contributed by atoms with E-state index in [4.69, 9.17) is 13.9 Å². The van der Waals surface area contributed by atoms with Gasteiger partial charge in [-0.2, -0.15) is 0 Å².